The number of ether oxygens (including phenoxy) is 1. The molecule has 0 saturated heterocycles. The van der Waals surface area contributed by atoms with Crippen LogP contribution in [0.1, 0.15) is 24.2 Å². The molecule has 0 unspecified atom stereocenters. The number of hydrogen-bond donors (Lipinski definition) is 2. The largest absolute Gasteiger partial charge is 0.435 e. The Morgan fingerprint density at radius 1 is 1.25 bits per heavy atom. The second-order valence-corrected chi connectivity index (χ2v) is 3.99. The van der Waals surface area contributed by atoms with Crippen LogP contribution in [0.5, 0.6) is 5.75 Å². The van der Waals surface area contributed by atoms with Gasteiger partial charge in [-0.3, -0.25) is 9.59 Å². The Bertz CT molecular complexity index is 463. The van der Waals surface area contributed by atoms with E-state index in [9.17, 15) is 18.4 Å². The molecule has 110 valence electrons. The molecule has 2 amide bonds. The quantitative estimate of drug-likeness (QED) is 0.833. The van der Waals surface area contributed by atoms with Gasteiger partial charge in [-0.1, -0.05) is 0 Å². The first-order valence-corrected chi connectivity index (χ1v) is 6.07. The third-order valence-electron chi connectivity index (χ3n) is 2.43. The van der Waals surface area contributed by atoms with E-state index in [-0.39, 0.29) is 17.2 Å². The van der Waals surface area contributed by atoms with Gasteiger partial charge in [0.25, 0.3) is 5.91 Å². The van der Waals surface area contributed by atoms with Crippen molar-refractivity contribution in [1.29, 1.82) is 0 Å². The summed E-state index contributed by atoms with van der Waals surface area (Å²) in [5.74, 6) is -0.792. The van der Waals surface area contributed by atoms with Gasteiger partial charge in [0.15, 0.2) is 0 Å². The molecule has 0 radical (unpaired) electrons. The summed E-state index contributed by atoms with van der Waals surface area (Å²) in [5.41, 5.74) is 0.253. The van der Waals surface area contributed by atoms with Gasteiger partial charge in [0, 0.05) is 12.1 Å². The zero-order valence-corrected chi connectivity index (χ0v) is 11.2. The van der Waals surface area contributed by atoms with Crippen molar-refractivity contribution in [3.05, 3.63) is 29.8 Å². The third-order valence-corrected chi connectivity index (χ3v) is 2.43. The second-order valence-electron chi connectivity index (χ2n) is 3.99. The van der Waals surface area contributed by atoms with Crippen LogP contribution >= 0.6 is 0 Å². The zero-order chi connectivity index (χ0) is 15.1. The van der Waals surface area contributed by atoms with Crippen molar-refractivity contribution in [1.82, 2.24) is 10.6 Å². The maximum Gasteiger partial charge on any atom is 0.387 e. The van der Waals surface area contributed by atoms with Crippen molar-refractivity contribution in [2.75, 3.05) is 6.54 Å². The van der Waals surface area contributed by atoms with Crippen LogP contribution in [0.25, 0.3) is 0 Å². The summed E-state index contributed by atoms with van der Waals surface area (Å²) in [5, 5.41) is 5.08. The van der Waals surface area contributed by atoms with E-state index in [1.807, 2.05) is 0 Å². The Hall–Kier alpha value is -2.18. The highest BCUT2D eigenvalue weighted by Gasteiger charge is 2.15. The molecular formula is C13H16F2N2O3. The van der Waals surface area contributed by atoms with Crippen molar-refractivity contribution in [3.8, 4) is 5.75 Å². The average molecular weight is 286 g/mol. The maximum atomic E-state index is 12.0. The van der Waals surface area contributed by atoms with Gasteiger partial charge in [-0.15, -0.1) is 0 Å². The first-order chi connectivity index (χ1) is 9.43. The molecule has 0 aliphatic rings. The molecule has 1 atom stereocenters. The number of benzene rings is 1. The minimum Gasteiger partial charge on any atom is -0.435 e. The Morgan fingerprint density at radius 2 is 1.85 bits per heavy atom. The van der Waals surface area contributed by atoms with Gasteiger partial charge in [-0.25, -0.2) is 0 Å². The number of hydrogen-bond acceptors (Lipinski definition) is 3. The minimum absolute atomic E-state index is 0.0340. The number of halogens is 2. The highest BCUT2D eigenvalue weighted by atomic mass is 19.3. The van der Waals surface area contributed by atoms with Crippen molar-refractivity contribution in [3.63, 3.8) is 0 Å². The molecule has 0 bridgehead atoms. The van der Waals surface area contributed by atoms with E-state index < -0.39 is 18.6 Å². The maximum absolute atomic E-state index is 12.0. The zero-order valence-electron chi connectivity index (χ0n) is 11.2. The van der Waals surface area contributed by atoms with E-state index in [4.69, 9.17) is 0 Å². The number of amides is 2. The molecule has 20 heavy (non-hydrogen) atoms. The average Bonchev–Trinajstić information content (AvgIpc) is 2.39. The van der Waals surface area contributed by atoms with Gasteiger partial charge in [-0.2, -0.15) is 8.78 Å². The van der Waals surface area contributed by atoms with E-state index in [0.717, 1.165) is 0 Å². The lowest BCUT2D eigenvalue weighted by molar-refractivity contribution is -0.122. The molecule has 0 aliphatic heterocycles. The van der Waals surface area contributed by atoms with E-state index in [1.165, 1.54) is 24.3 Å². The van der Waals surface area contributed by atoms with Gasteiger partial charge < -0.3 is 15.4 Å². The predicted molar refractivity (Wildman–Crippen MR) is 68.7 cm³/mol. The number of likely N-dealkylation sites (N-methyl/N-ethyl adjacent to an activating group) is 1. The first-order valence-electron chi connectivity index (χ1n) is 6.07. The molecule has 0 saturated carbocycles. The van der Waals surface area contributed by atoms with Crippen LogP contribution in [0.4, 0.5) is 8.78 Å². The second kappa shape index (κ2) is 7.42. The number of alkyl halides is 2. The molecule has 0 heterocycles. The lowest BCUT2D eigenvalue weighted by Crippen LogP contribution is -2.44. The Morgan fingerprint density at radius 3 is 2.35 bits per heavy atom. The molecule has 1 rings (SSSR count). The standard InChI is InChI=1S/C13H16F2N2O3/c1-3-16-11(18)8(2)17-12(19)9-4-6-10(7-5-9)20-13(14)15/h4-8,13H,3H2,1-2H3,(H,16,18)(H,17,19)/t8-/m0/s1. The molecule has 5 nitrogen and oxygen atoms in total. The molecule has 0 spiro atoms. The van der Waals surface area contributed by atoms with Gasteiger partial charge >= 0.3 is 6.61 Å². The van der Waals surface area contributed by atoms with Crippen LogP contribution in [0.15, 0.2) is 24.3 Å². The van der Waals surface area contributed by atoms with Crippen LogP contribution in [0.2, 0.25) is 0 Å². The van der Waals surface area contributed by atoms with Crippen LogP contribution in [-0.2, 0) is 4.79 Å². The van der Waals surface area contributed by atoms with Crippen molar-refractivity contribution >= 4 is 11.8 Å². The first kappa shape index (κ1) is 15.9. The monoisotopic (exact) mass is 286 g/mol. The lowest BCUT2D eigenvalue weighted by atomic mass is 10.2. The van der Waals surface area contributed by atoms with Crippen molar-refractivity contribution < 1.29 is 23.1 Å². The van der Waals surface area contributed by atoms with Crippen molar-refractivity contribution in [2.45, 2.75) is 26.5 Å². The summed E-state index contributed by atoms with van der Waals surface area (Å²) in [4.78, 5) is 23.3. The van der Waals surface area contributed by atoms with E-state index in [1.54, 1.807) is 13.8 Å². The number of nitrogens with one attached hydrogen (secondary N) is 2. The van der Waals surface area contributed by atoms with Gasteiger partial charge in [-0.05, 0) is 38.1 Å². The predicted octanol–water partition coefficient (Wildman–Crippen LogP) is 1.54. The van der Waals surface area contributed by atoms with Gasteiger partial charge in [0.2, 0.25) is 5.91 Å². The molecule has 1 aromatic rings. The fraction of sp³-hybridized carbons (Fsp3) is 0.385. The summed E-state index contributed by atoms with van der Waals surface area (Å²) in [6.45, 7) is 0.886. The summed E-state index contributed by atoms with van der Waals surface area (Å²) in [7, 11) is 0. The summed E-state index contributed by atoms with van der Waals surface area (Å²) < 4.78 is 28.1. The minimum atomic E-state index is -2.91. The van der Waals surface area contributed by atoms with Crippen LogP contribution < -0.4 is 15.4 Å². The van der Waals surface area contributed by atoms with Crippen LogP contribution in [0, 0.1) is 0 Å². The van der Waals surface area contributed by atoms with Crippen LogP contribution in [0.3, 0.4) is 0 Å². The molecule has 0 aromatic heterocycles. The number of rotatable bonds is 6. The third kappa shape index (κ3) is 4.83. The number of carbonyl (C=O) groups is 2. The summed E-state index contributed by atoms with van der Waals surface area (Å²) >= 11 is 0. The van der Waals surface area contributed by atoms with Gasteiger partial charge in [0.1, 0.15) is 11.8 Å². The fourth-order valence-corrected chi connectivity index (χ4v) is 1.46. The summed E-state index contributed by atoms with van der Waals surface area (Å²) in [6, 6.07) is 4.53. The number of carbonyl (C=O) groups excluding carboxylic acids is 2. The van der Waals surface area contributed by atoms with Gasteiger partial charge in [0.05, 0.1) is 0 Å². The van der Waals surface area contributed by atoms with E-state index in [2.05, 4.69) is 15.4 Å². The highest BCUT2D eigenvalue weighted by Crippen LogP contribution is 2.14. The Kier molecular flexibility index (Phi) is 5.89. The van der Waals surface area contributed by atoms with Crippen LogP contribution in [-0.4, -0.2) is 31.0 Å². The topological polar surface area (TPSA) is 67.4 Å². The fourth-order valence-electron chi connectivity index (χ4n) is 1.46. The molecule has 0 aliphatic carbocycles. The molecule has 2 N–H and O–H groups in total. The summed E-state index contributed by atoms with van der Waals surface area (Å²) in [6.07, 6.45) is 0. The lowest BCUT2D eigenvalue weighted by Gasteiger charge is -2.13. The molecular weight excluding hydrogens is 270 g/mol. The highest BCUT2D eigenvalue weighted by molar-refractivity contribution is 5.97. The Balaban J connectivity index is 2.61. The van der Waals surface area contributed by atoms with E-state index >= 15 is 0 Å². The SMILES string of the molecule is CCNC(=O)[C@H](C)NC(=O)c1ccc(OC(F)F)cc1. The smallest absolute Gasteiger partial charge is 0.387 e. The van der Waals surface area contributed by atoms with Crippen molar-refractivity contribution in [2.24, 2.45) is 0 Å². The normalized spacial score (nSPS) is 11.8. The molecule has 1 aromatic carbocycles. The Labute approximate surface area is 115 Å². The van der Waals surface area contributed by atoms with E-state index in [0.29, 0.717) is 6.54 Å². The molecule has 0 fully saturated rings. The molecule has 7 heteroatoms.